The van der Waals surface area contributed by atoms with E-state index in [0.29, 0.717) is 12.3 Å². The molecule has 1 atom stereocenters. The summed E-state index contributed by atoms with van der Waals surface area (Å²) in [6.45, 7) is 7.98. The quantitative estimate of drug-likeness (QED) is 0.498. The summed E-state index contributed by atoms with van der Waals surface area (Å²) in [6, 6.07) is 0. The normalized spacial score (nSPS) is 14.1. The lowest BCUT2D eigenvalue weighted by Crippen LogP contribution is -2.23. The Morgan fingerprint density at radius 3 is 1.91 bits per heavy atom. The van der Waals surface area contributed by atoms with Gasteiger partial charge in [0.05, 0.1) is 11.0 Å². The number of aliphatic hydroxyl groups excluding tert-OH is 1. The fraction of sp³-hybridized carbons (Fsp3) is 0.944. The molecule has 0 heterocycles. The maximum Gasteiger partial charge on any atom is 0.309 e. The van der Waals surface area contributed by atoms with Gasteiger partial charge in [-0.25, -0.2) is 0 Å². The van der Waals surface area contributed by atoms with Gasteiger partial charge < -0.3 is 14.9 Å². The number of methoxy groups -OCH3 is 1. The van der Waals surface area contributed by atoms with E-state index in [9.17, 15) is 9.90 Å². The maximum absolute atomic E-state index is 11.0. The smallest absolute Gasteiger partial charge is 0.309 e. The van der Waals surface area contributed by atoms with Crippen molar-refractivity contribution >= 4 is 5.97 Å². The van der Waals surface area contributed by atoms with Crippen LogP contribution in [0.5, 0.6) is 0 Å². The van der Waals surface area contributed by atoms with Gasteiger partial charge in [0.1, 0.15) is 0 Å². The third-order valence-corrected chi connectivity index (χ3v) is 4.70. The van der Waals surface area contributed by atoms with Crippen molar-refractivity contribution in [3.63, 3.8) is 0 Å². The van der Waals surface area contributed by atoms with E-state index in [1.807, 2.05) is 0 Å². The Labute approximate surface area is 136 Å². The number of carboxylic acid groups (broad SMARTS) is 1. The number of hydrogen-bond acceptors (Lipinski definition) is 3. The summed E-state index contributed by atoms with van der Waals surface area (Å²) in [5.74, 6) is -0.384. The van der Waals surface area contributed by atoms with Crippen LogP contribution in [-0.2, 0) is 9.53 Å². The summed E-state index contributed by atoms with van der Waals surface area (Å²) in [5.41, 5.74) is -0.697. The number of rotatable bonds is 13. The Morgan fingerprint density at radius 2 is 1.50 bits per heavy atom. The average Bonchev–Trinajstić information content (AvgIpc) is 2.45. The minimum atomic E-state index is -0.730. The predicted octanol–water partition coefficient (Wildman–Crippen LogP) is 4.25. The molecule has 4 heteroatoms. The molecule has 0 aliphatic heterocycles. The van der Waals surface area contributed by atoms with Gasteiger partial charge in [0, 0.05) is 13.7 Å². The molecule has 0 saturated carbocycles. The topological polar surface area (TPSA) is 66.8 Å². The summed E-state index contributed by atoms with van der Waals surface area (Å²) < 4.78 is 5.40. The predicted molar refractivity (Wildman–Crippen MR) is 90.0 cm³/mol. The molecule has 1 unspecified atom stereocenters. The first-order valence-electron chi connectivity index (χ1n) is 8.54. The van der Waals surface area contributed by atoms with Crippen molar-refractivity contribution in [3.8, 4) is 0 Å². The highest BCUT2D eigenvalue weighted by atomic mass is 16.5. The summed E-state index contributed by atoms with van der Waals surface area (Å²) in [7, 11) is 1.75. The Hall–Kier alpha value is -0.610. The highest BCUT2D eigenvalue weighted by Crippen LogP contribution is 2.26. The first kappa shape index (κ1) is 21.4. The zero-order valence-corrected chi connectivity index (χ0v) is 15.2. The summed E-state index contributed by atoms with van der Waals surface area (Å²) in [5, 5.41) is 18.5. The maximum atomic E-state index is 11.0. The Balaban J connectivity index is 3.83. The van der Waals surface area contributed by atoms with Crippen molar-refractivity contribution in [2.75, 3.05) is 13.7 Å². The van der Waals surface area contributed by atoms with Crippen LogP contribution in [0.25, 0.3) is 0 Å². The van der Waals surface area contributed by atoms with E-state index in [0.717, 1.165) is 44.9 Å². The SMILES string of the molecule is COC(C)(C)CCCCC(CO)CCCCC(C)(C)C(=O)O. The van der Waals surface area contributed by atoms with Crippen molar-refractivity contribution in [3.05, 3.63) is 0 Å². The Kier molecular flexibility index (Phi) is 9.94. The monoisotopic (exact) mass is 316 g/mol. The Morgan fingerprint density at radius 1 is 1.00 bits per heavy atom. The molecule has 4 nitrogen and oxygen atoms in total. The molecular formula is C18H36O4. The van der Waals surface area contributed by atoms with E-state index in [1.54, 1.807) is 21.0 Å². The molecule has 0 rings (SSSR count). The van der Waals surface area contributed by atoms with Crippen LogP contribution in [-0.4, -0.2) is 35.5 Å². The van der Waals surface area contributed by atoms with Crippen LogP contribution in [0.2, 0.25) is 0 Å². The zero-order chi connectivity index (χ0) is 17.2. The number of carbonyl (C=O) groups is 1. The van der Waals surface area contributed by atoms with Crippen LogP contribution >= 0.6 is 0 Å². The van der Waals surface area contributed by atoms with Crippen molar-refractivity contribution < 1.29 is 19.7 Å². The third-order valence-electron chi connectivity index (χ3n) is 4.70. The molecule has 2 N–H and O–H groups in total. The summed E-state index contributed by atoms with van der Waals surface area (Å²) in [6.07, 6.45) is 7.88. The minimum absolute atomic E-state index is 0.0584. The van der Waals surface area contributed by atoms with Gasteiger partial charge in [-0.15, -0.1) is 0 Å². The number of carboxylic acids is 1. The van der Waals surface area contributed by atoms with Crippen LogP contribution < -0.4 is 0 Å². The largest absolute Gasteiger partial charge is 0.481 e. The Bertz CT molecular complexity index is 310. The van der Waals surface area contributed by atoms with Gasteiger partial charge in [-0.3, -0.25) is 4.79 Å². The highest BCUT2D eigenvalue weighted by Gasteiger charge is 2.26. The van der Waals surface area contributed by atoms with Crippen molar-refractivity contribution in [2.24, 2.45) is 11.3 Å². The molecule has 0 aliphatic carbocycles. The molecule has 0 fully saturated rings. The van der Waals surface area contributed by atoms with E-state index in [2.05, 4.69) is 13.8 Å². The number of unbranched alkanes of at least 4 members (excludes halogenated alkanes) is 2. The summed E-state index contributed by atoms with van der Waals surface area (Å²) >= 11 is 0. The fourth-order valence-corrected chi connectivity index (χ4v) is 2.52. The van der Waals surface area contributed by atoms with Gasteiger partial charge in [0.2, 0.25) is 0 Å². The molecule has 0 radical (unpaired) electrons. The zero-order valence-electron chi connectivity index (χ0n) is 15.2. The van der Waals surface area contributed by atoms with Crippen molar-refractivity contribution in [1.29, 1.82) is 0 Å². The molecule has 0 aromatic rings. The van der Waals surface area contributed by atoms with Gasteiger partial charge in [-0.2, -0.15) is 0 Å². The molecule has 0 aliphatic rings. The van der Waals surface area contributed by atoms with Crippen molar-refractivity contribution in [1.82, 2.24) is 0 Å². The van der Waals surface area contributed by atoms with Gasteiger partial charge in [0.25, 0.3) is 0 Å². The number of aliphatic hydroxyl groups is 1. The number of ether oxygens (including phenoxy) is 1. The molecule has 0 amide bonds. The van der Waals surface area contributed by atoms with Crippen LogP contribution in [0, 0.1) is 11.3 Å². The van der Waals surface area contributed by atoms with Gasteiger partial charge >= 0.3 is 5.97 Å². The van der Waals surface area contributed by atoms with E-state index in [4.69, 9.17) is 9.84 Å². The van der Waals surface area contributed by atoms with Crippen LogP contribution in [0.4, 0.5) is 0 Å². The van der Waals surface area contributed by atoms with Crippen LogP contribution in [0.1, 0.15) is 79.1 Å². The van der Waals surface area contributed by atoms with Gasteiger partial charge in [-0.05, 0) is 59.3 Å². The van der Waals surface area contributed by atoms with Crippen LogP contribution in [0.3, 0.4) is 0 Å². The molecule has 22 heavy (non-hydrogen) atoms. The molecule has 132 valence electrons. The second-order valence-electron chi connectivity index (χ2n) is 7.69. The molecule has 0 spiro atoms. The van der Waals surface area contributed by atoms with E-state index < -0.39 is 11.4 Å². The number of hydrogen-bond donors (Lipinski definition) is 2. The lowest BCUT2D eigenvalue weighted by atomic mass is 9.86. The first-order valence-corrected chi connectivity index (χ1v) is 8.54. The highest BCUT2D eigenvalue weighted by molar-refractivity contribution is 5.73. The second-order valence-corrected chi connectivity index (χ2v) is 7.69. The molecule has 0 saturated heterocycles. The van der Waals surface area contributed by atoms with E-state index in [1.165, 1.54) is 0 Å². The lowest BCUT2D eigenvalue weighted by molar-refractivity contribution is -0.147. The average molecular weight is 316 g/mol. The first-order chi connectivity index (χ1) is 10.1. The van der Waals surface area contributed by atoms with Crippen molar-refractivity contribution in [2.45, 2.75) is 84.7 Å². The lowest BCUT2D eigenvalue weighted by Gasteiger charge is -2.23. The molecular weight excluding hydrogens is 280 g/mol. The van der Waals surface area contributed by atoms with E-state index in [-0.39, 0.29) is 12.2 Å². The molecule has 0 bridgehead atoms. The second kappa shape index (κ2) is 10.2. The van der Waals surface area contributed by atoms with Gasteiger partial charge in [-0.1, -0.05) is 25.7 Å². The third kappa shape index (κ3) is 9.42. The standard InChI is InChI=1S/C18H36O4/c1-17(2,16(20)21)12-8-6-10-15(14-19)11-7-9-13-18(3,4)22-5/h15,19H,6-14H2,1-5H3,(H,20,21). The van der Waals surface area contributed by atoms with E-state index >= 15 is 0 Å². The fourth-order valence-electron chi connectivity index (χ4n) is 2.52. The molecule has 0 aromatic heterocycles. The van der Waals surface area contributed by atoms with Gasteiger partial charge in [0.15, 0.2) is 0 Å². The van der Waals surface area contributed by atoms with Crippen LogP contribution in [0.15, 0.2) is 0 Å². The minimum Gasteiger partial charge on any atom is -0.481 e. The summed E-state index contributed by atoms with van der Waals surface area (Å²) in [4.78, 5) is 11.0. The molecule has 0 aromatic carbocycles. The number of aliphatic carboxylic acids is 1.